The van der Waals surface area contributed by atoms with E-state index in [1.165, 1.54) is 0 Å². The van der Waals surface area contributed by atoms with Gasteiger partial charge in [-0.3, -0.25) is 0 Å². The van der Waals surface area contributed by atoms with Gasteiger partial charge in [-0.15, -0.1) is 11.6 Å². The Morgan fingerprint density at radius 3 is 2.83 bits per heavy atom. The smallest absolute Gasteiger partial charge is 0.133 e. The van der Waals surface area contributed by atoms with Gasteiger partial charge in [0.2, 0.25) is 0 Å². The van der Waals surface area contributed by atoms with E-state index in [1.807, 2.05) is 35.8 Å². The Morgan fingerprint density at radius 2 is 2.22 bits per heavy atom. The van der Waals surface area contributed by atoms with Crippen molar-refractivity contribution in [2.24, 2.45) is 7.05 Å². The van der Waals surface area contributed by atoms with Gasteiger partial charge in [0.1, 0.15) is 11.6 Å². The molecule has 0 aliphatic carbocycles. The zero-order valence-electron chi connectivity index (χ0n) is 10.3. The Morgan fingerprint density at radius 1 is 1.44 bits per heavy atom. The minimum Gasteiger partial charge on any atom is -0.352 e. The summed E-state index contributed by atoms with van der Waals surface area (Å²) in [5.74, 6) is 2.31. The minimum absolute atomic E-state index is 0.437. The van der Waals surface area contributed by atoms with Crippen LogP contribution in [0.2, 0.25) is 0 Å². The van der Waals surface area contributed by atoms with E-state index in [-0.39, 0.29) is 0 Å². The zero-order valence-corrected chi connectivity index (χ0v) is 12.6. The molecule has 0 saturated carbocycles. The average molecular weight is 330 g/mol. The van der Waals surface area contributed by atoms with Gasteiger partial charge in [0.25, 0.3) is 0 Å². The molecule has 18 heavy (non-hydrogen) atoms. The largest absolute Gasteiger partial charge is 0.352 e. The third-order valence-electron chi connectivity index (χ3n) is 2.71. The van der Waals surface area contributed by atoms with Crippen LogP contribution in [-0.4, -0.2) is 21.6 Å². The summed E-state index contributed by atoms with van der Waals surface area (Å²) in [5.41, 5.74) is 1.00. The molecule has 96 valence electrons. The lowest BCUT2D eigenvalue weighted by Crippen LogP contribution is -2.21. The van der Waals surface area contributed by atoms with Crippen molar-refractivity contribution in [3.63, 3.8) is 0 Å². The quantitative estimate of drug-likeness (QED) is 0.809. The Kier molecular flexibility index (Phi) is 4.24. The Bertz CT molecular complexity index is 541. The van der Waals surface area contributed by atoms with Gasteiger partial charge >= 0.3 is 0 Å². The van der Waals surface area contributed by atoms with Crippen LogP contribution in [0.5, 0.6) is 0 Å². The molecule has 0 spiro atoms. The van der Waals surface area contributed by atoms with E-state index in [0.29, 0.717) is 12.4 Å². The third kappa shape index (κ3) is 2.84. The molecule has 2 aromatic heterocycles. The van der Waals surface area contributed by atoms with Crippen molar-refractivity contribution in [2.75, 3.05) is 11.9 Å². The van der Waals surface area contributed by atoms with E-state index in [0.717, 1.165) is 21.7 Å². The molecule has 4 nitrogen and oxygen atoms in total. The Labute approximate surface area is 120 Å². The highest BCUT2D eigenvalue weighted by atomic mass is 79.9. The number of alkyl halides is 1. The fraction of sp³-hybridized carbons (Fsp3) is 0.333. The summed E-state index contributed by atoms with van der Waals surface area (Å²) >= 11 is 9.36. The average Bonchev–Trinajstić information content (AvgIpc) is 2.74. The topological polar surface area (TPSA) is 34.0 Å². The number of pyridine rings is 1. The van der Waals surface area contributed by atoms with Gasteiger partial charge in [-0.1, -0.05) is 0 Å². The maximum absolute atomic E-state index is 5.95. The van der Waals surface area contributed by atoms with Gasteiger partial charge in [-0.25, -0.2) is 9.97 Å². The molecule has 2 rings (SSSR count). The molecule has 0 atom stereocenters. The lowest BCUT2D eigenvalue weighted by Gasteiger charge is -2.20. The normalized spacial score (nSPS) is 10.7. The first-order chi connectivity index (χ1) is 8.61. The van der Waals surface area contributed by atoms with Crippen molar-refractivity contribution >= 4 is 33.3 Å². The van der Waals surface area contributed by atoms with Crippen molar-refractivity contribution in [1.82, 2.24) is 14.5 Å². The second-order valence-corrected chi connectivity index (χ2v) is 5.26. The van der Waals surface area contributed by atoms with Gasteiger partial charge < -0.3 is 9.47 Å². The van der Waals surface area contributed by atoms with Crippen LogP contribution in [0.1, 0.15) is 11.4 Å². The third-order valence-corrected chi connectivity index (χ3v) is 3.44. The maximum Gasteiger partial charge on any atom is 0.133 e. The molecule has 0 aromatic carbocycles. The maximum atomic E-state index is 5.95. The second-order valence-electron chi connectivity index (χ2n) is 4.08. The summed E-state index contributed by atoms with van der Waals surface area (Å²) in [6, 6.07) is 1.99. The van der Waals surface area contributed by atoms with Crippen molar-refractivity contribution < 1.29 is 0 Å². The van der Waals surface area contributed by atoms with Crippen LogP contribution in [0.4, 0.5) is 5.82 Å². The van der Waals surface area contributed by atoms with Crippen molar-refractivity contribution in [2.45, 2.75) is 12.4 Å². The SMILES string of the molecule is CN(Cc1nccn1C)c1ncc(Br)cc1CCl. The first-order valence-electron chi connectivity index (χ1n) is 5.49. The molecular formula is C12H14BrClN4. The summed E-state index contributed by atoms with van der Waals surface area (Å²) in [4.78, 5) is 10.8. The fourth-order valence-electron chi connectivity index (χ4n) is 1.75. The molecule has 0 amide bonds. The number of imidazole rings is 1. The van der Waals surface area contributed by atoms with Gasteiger partial charge in [0.05, 0.1) is 12.4 Å². The molecule has 2 aromatic rings. The number of hydrogen-bond acceptors (Lipinski definition) is 3. The molecule has 0 unspecified atom stereocenters. The van der Waals surface area contributed by atoms with Gasteiger partial charge in [-0.2, -0.15) is 0 Å². The van der Waals surface area contributed by atoms with E-state index in [4.69, 9.17) is 11.6 Å². The van der Waals surface area contributed by atoms with Crippen LogP contribution in [0.25, 0.3) is 0 Å². The number of halogens is 2. The van der Waals surface area contributed by atoms with Crippen LogP contribution in [0.3, 0.4) is 0 Å². The second kappa shape index (κ2) is 5.71. The summed E-state index contributed by atoms with van der Waals surface area (Å²) in [6.45, 7) is 0.696. The highest BCUT2D eigenvalue weighted by Gasteiger charge is 2.11. The number of aromatic nitrogens is 3. The van der Waals surface area contributed by atoms with Crippen LogP contribution in [0.15, 0.2) is 29.1 Å². The Balaban J connectivity index is 2.23. The monoisotopic (exact) mass is 328 g/mol. The van der Waals surface area contributed by atoms with E-state index < -0.39 is 0 Å². The van der Waals surface area contributed by atoms with Crippen molar-refractivity contribution in [1.29, 1.82) is 0 Å². The van der Waals surface area contributed by atoms with E-state index >= 15 is 0 Å². The molecule has 0 bridgehead atoms. The molecule has 2 heterocycles. The van der Waals surface area contributed by atoms with E-state index in [1.54, 1.807) is 12.4 Å². The first-order valence-corrected chi connectivity index (χ1v) is 6.82. The molecule has 0 saturated heterocycles. The summed E-state index contributed by atoms with van der Waals surface area (Å²) < 4.78 is 2.93. The van der Waals surface area contributed by atoms with Crippen LogP contribution < -0.4 is 4.90 Å². The summed E-state index contributed by atoms with van der Waals surface area (Å²) in [6.07, 6.45) is 5.50. The lowest BCUT2D eigenvalue weighted by molar-refractivity contribution is 0.753. The number of aryl methyl sites for hydroxylation is 1. The number of hydrogen-bond donors (Lipinski definition) is 0. The fourth-order valence-corrected chi connectivity index (χ4v) is 2.33. The van der Waals surface area contributed by atoms with Crippen LogP contribution in [-0.2, 0) is 19.5 Å². The molecule has 0 aliphatic rings. The number of anilines is 1. The Hall–Kier alpha value is -1.07. The molecule has 0 aliphatic heterocycles. The van der Waals surface area contributed by atoms with Gasteiger partial charge in [-0.05, 0) is 22.0 Å². The lowest BCUT2D eigenvalue weighted by atomic mass is 10.2. The van der Waals surface area contributed by atoms with Crippen molar-refractivity contribution in [3.05, 3.63) is 40.5 Å². The van der Waals surface area contributed by atoms with Crippen LogP contribution in [0, 0.1) is 0 Å². The predicted molar refractivity (Wildman–Crippen MR) is 76.8 cm³/mol. The number of rotatable bonds is 4. The van der Waals surface area contributed by atoms with E-state index in [9.17, 15) is 0 Å². The summed E-state index contributed by atoms with van der Waals surface area (Å²) in [5, 5.41) is 0. The molecular weight excluding hydrogens is 316 g/mol. The minimum atomic E-state index is 0.437. The molecule has 0 fully saturated rings. The zero-order chi connectivity index (χ0) is 13.1. The predicted octanol–water partition coefficient (Wildman–Crippen LogP) is 2.95. The number of nitrogens with zero attached hydrogens (tertiary/aromatic N) is 4. The van der Waals surface area contributed by atoms with Gasteiger partial charge in [0, 0.05) is 42.7 Å². The molecule has 0 N–H and O–H groups in total. The van der Waals surface area contributed by atoms with Gasteiger partial charge in [0.15, 0.2) is 0 Å². The van der Waals surface area contributed by atoms with Crippen LogP contribution >= 0.6 is 27.5 Å². The first kappa shape index (κ1) is 13.4. The van der Waals surface area contributed by atoms with E-state index in [2.05, 4.69) is 25.9 Å². The van der Waals surface area contributed by atoms with Crippen molar-refractivity contribution in [3.8, 4) is 0 Å². The highest BCUT2D eigenvalue weighted by molar-refractivity contribution is 9.10. The molecule has 0 radical (unpaired) electrons. The summed E-state index contributed by atoms with van der Waals surface area (Å²) in [7, 11) is 3.97. The highest BCUT2D eigenvalue weighted by Crippen LogP contribution is 2.23. The standard InChI is InChI=1S/C12H14BrClN4/c1-17-4-3-15-11(17)8-18(2)12-9(6-14)5-10(13)7-16-12/h3-5,7H,6,8H2,1-2H3. The molecule has 6 heteroatoms.